The second-order valence-corrected chi connectivity index (χ2v) is 4.57. The summed E-state index contributed by atoms with van der Waals surface area (Å²) < 4.78 is 0.963. The Morgan fingerprint density at radius 2 is 2.00 bits per heavy atom. The standard InChI is InChI=1S/C9H13IN4O/c1-6(8(15)14(2)3)13-9-11-4-7(10)5-12-9/h4-6H,1-3H3,(H,11,12,13). The minimum absolute atomic E-state index is 0.00264. The van der Waals surface area contributed by atoms with Crippen molar-refractivity contribution in [2.24, 2.45) is 0 Å². The van der Waals surface area contributed by atoms with E-state index in [9.17, 15) is 4.79 Å². The van der Waals surface area contributed by atoms with Gasteiger partial charge in [-0.25, -0.2) is 9.97 Å². The van der Waals surface area contributed by atoms with Crippen molar-refractivity contribution in [3.05, 3.63) is 16.0 Å². The van der Waals surface area contributed by atoms with Crippen LogP contribution in [0.5, 0.6) is 0 Å². The van der Waals surface area contributed by atoms with E-state index in [-0.39, 0.29) is 11.9 Å². The zero-order valence-corrected chi connectivity index (χ0v) is 11.0. The van der Waals surface area contributed by atoms with Crippen LogP contribution in [-0.4, -0.2) is 40.9 Å². The first-order valence-electron chi connectivity index (χ1n) is 4.46. The van der Waals surface area contributed by atoms with Gasteiger partial charge in [0.25, 0.3) is 0 Å². The molecule has 0 bridgehead atoms. The molecule has 0 aliphatic rings. The van der Waals surface area contributed by atoms with Crippen LogP contribution in [0.25, 0.3) is 0 Å². The van der Waals surface area contributed by atoms with Gasteiger partial charge in [-0.15, -0.1) is 0 Å². The highest BCUT2D eigenvalue weighted by atomic mass is 127. The first-order valence-corrected chi connectivity index (χ1v) is 5.54. The normalized spacial score (nSPS) is 12.0. The van der Waals surface area contributed by atoms with E-state index in [4.69, 9.17) is 0 Å². The van der Waals surface area contributed by atoms with Crippen LogP contribution in [0.3, 0.4) is 0 Å². The van der Waals surface area contributed by atoms with Gasteiger partial charge in [-0.2, -0.15) is 0 Å². The average Bonchev–Trinajstić information content (AvgIpc) is 2.20. The molecular formula is C9H13IN4O. The third-order valence-electron chi connectivity index (χ3n) is 1.78. The van der Waals surface area contributed by atoms with Gasteiger partial charge in [0.05, 0.1) is 0 Å². The van der Waals surface area contributed by atoms with E-state index in [1.165, 1.54) is 4.90 Å². The molecule has 1 N–H and O–H groups in total. The summed E-state index contributed by atoms with van der Waals surface area (Å²) in [6.45, 7) is 1.78. The molecule has 0 fully saturated rings. The summed E-state index contributed by atoms with van der Waals surface area (Å²) in [6.07, 6.45) is 3.39. The quantitative estimate of drug-likeness (QED) is 0.843. The summed E-state index contributed by atoms with van der Waals surface area (Å²) in [5.74, 6) is 0.468. The summed E-state index contributed by atoms with van der Waals surface area (Å²) in [7, 11) is 3.44. The fourth-order valence-electron chi connectivity index (χ4n) is 1.03. The number of halogens is 1. The molecule has 0 spiro atoms. The number of hydrogen-bond acceptors (Lipinski definition) is 4. The molecule has 1 unspecified atom stereocenters. The number of aromatic nitrogens is 2. The summed E-state index contributed by atoms with van der Waals surface area (Å²) in [4.78, 5) is 21.2. The molecule has 0 aromatic carbocycles. The van der Waals surface area contributed by atoms with Gasteiger partial charge in [0.2, 0.25) is 11.9 Å². The van der Waals surface area contributed by atoms with Crippen LogP contribution in [0.4, 0.5) is 5.95 Å². The Morgan fingerprint density at radius 1 is 1.47 bits per heavy atom. The van der Waals surface area contributed by atoms with Gasteiger partial charge in [0.1, 0.15) is 6.04 Å². The number of nitrogens with one attached hydrogen (secondary N) is 1. The van der Waals surface area contributed by atoms with Crippen LogP contribution in [0.2, 0.25) is 0 Å². The van der Waals surface area contributed by atoms with Gasteiger partial charge in [-0.3, -0.25) is 4.79 Å². The zero-order valence-electron chi connectivity index (χ0n) is 8.86. The number of likely N-dealkylation sites (N-methyl/N-ethyl adjacent to an activating group) is 1. The molecule has 82 valence electrons. The maximum absolute atomic E-state index is 11.5. The van der Waals surface area contributed by atoms with Crippen molar-refractivity contribution < 1.29 is 4.79 Å². The lowest BCUT2D eigenvalue weighted by Gasteiger charge is -2.17. The van der Waals surface area contributed by atoms with Gasteiger partial charge < -0.3 is 10.2 Å². The van der Waals surface area contributed by atoms with E-state index >= 15 is 0 Å². The van der Waals surface area contributed by atoms with Gasteiger partial charge in [0, 0.05) is 30.1 Å². The number of anilines is 1. The van der Waals surface area contributed by atoms with Crippen molar-refractivity contribution in [3.63, 3.8) is 0 Å². The fraction of sp³-hybridized carbons (Fsp3) is 0.444. The van der Waals surface area contributed by atoms with E-state index in [0.29, 0.717) is 5.95 Å². The van der Waals surface area contributed by atoms with Crippen LogP contribution >= 0.6 is 22.6 Å². The molecular weight excluding hydrogens is 307 g/mol. The maximum atomic E-state index is 11.5. The van der Waals surface area contributed by atoms with Crippen LogP contribution in [0.15, 0.2) is 12.4 Å². The largest absolute Gasteiger partial charge is 0.347 e. The number of amides is 1. The minimum atomic E-state index is -0.319. The first kappa shape index (κ1) is 12.2. The van der Waals surface area contributed by atoms with E-state index in [1.807, 2.05) is 0 Å². The molecule has 15 heavy (non-hydrogen) atoms. The molecule has 5 nitrogen and oxygen atoms in total. The number of carbonyl (C=O) groups is 1. The summed E-state index contributed by atoms with van der Waals surface area (Å²) in [5, 5.41) is 2.93. The van der Waals surface area contributed by atoms with Crippen LogP contribution in [0.1, 0.15) is 6.92 Å². The van der Waals surface area contributed by atoms with Gasteiger partial charge >= 0.3 is 0 Å². The maximum Gasteiger partial charge on any atom is 0.244 e. The molecule has 0 saturated carbocycles. The molecule has 0 saturated heterocycles. The minimum Gasteiger partial charge on any atom is -0.347 e. The smallest absolute Gasteiger partial charge is 0.244 e. The molecule has 1 aromatic heterocycles. The van der Waals surface area contributed by atoms with Crippen molar-refractivity contribution in [1.82, 2.24) is 14.9 Å². The Bertz CT molecular complexity index is 338. The molecule has 6 heteroatoms. The van der Waals surface area contributed by atoms with E-state index in [0.717, 1.165) is 3.57 Å². The molecule has 0 aliphatic heterocycles. The summed E-state index contributed by atoms with van der Waals surface area (Å²) in [5.41, 5.74) is 0. The Labute approximate surface area is 102 Å². The van der Waals surface area contributed by atoms with E-state index < -0.39 is 0 Å². The van der Waals surface area contributed by atoms with E-state index in [1.54, 1.807) is 33.4 Å². The predicted molar refractivity (Wildman–Crippen MR) is 66.5 cm³/mol. The Morgan fingerprint density at radius 3 is 2.47 bits per heavy atom. The lowest BCUT2D eigenvalue weighted by atomic mass is 10.3. The lowest BCUT2D eigenvalue weighted by molar-refractivity contribution is -0.129. The van der Waals surface area contributed by atoms with Gasteiger partial charge in [0.15, 0.2) is 0 Å². The summed E-state index contributed by atoms with van der Waals surface area (Å²) in [6, 6.07) is -0.319. The van der Waals surface area contributed by atoms with Crippen molar-refractivity contribution >= 4 is 34.4 Å². The summed E-state index contributed by atoms with van der Waals surface area (Å²) >= 11 is 2.13. The van der Waals surface area contributed by atoms with Crippen LogP contribution in [-0.2, 0) is 4.79 Å². The van der Waals surface area contributed by atoms with E-state index in [2.05, 4.69) is 37.9 Å². The average molecular weight is 320 g/mol. The molecule has 0 aliphatic carbocycles. The molecule has 0 radical (unpaired) electrons. The SMILES string of the molecule is CC(Nc1ncc(I)cn1)C(=O)N(C)C. The molecule has 1 amide bonds. The highest BCUT2D eigenvalue weighted by molar-refractivity contribution is 14.1. The zero-order chi connectivity index (χ0) is 11.4. The Kier molecular flexibility index (Phi) is 4.25. The number of carbonyl (C=O) groups excluding carboxylic acids is 1. The van der Waals surface area contributed by atoms with Crippen molar-refractivity contribution in [2.45, 2.75) is 13.0 Å². The molecule has 1 rings (SSSR count). The molecule has 1 aromatic rings. The Balaban J connectivity index is 2.62. The third-order valence-corrected chi connectivity index (χ3v) is 2.33. The van der Waals surface area contributed by atoms with Gasteiger partial charge in [-0.05, 0) is 29.5 Å². The lowest BCUT2D eigenvalue weighted by Crippen LogP contribution is -2.37. The first-order chi connectivity index (χ1) is 7.00. The highest BCUT2D eigenvalue weighted by Gasteiger charge is 2.14. The fourth-order valence-corrected chi connectivity index (χ4v) is 1.31. The Hall–Kier alpha value is -0.920. The highest BCUT2D eigenvalue weighted by Crippen LogP contribution is 2.04. The predicted octanol–water partition coefficient (Wildman–Crippen LogP) is 0.970. The number of hydrogen-bond donors (Lipinski definition) is 1. The van der Waals surface area contributed by atoms with Gasteiger partial charge in [-0.1, -0.05) is 0 Å². The van der Waals surface area contributed by atoms with Crippen LogP contribution < -0.4 is 5.32 Å². The van der Waals surface area contributed by atoms with Crippen molar-refractivity contribution in [3.8, 4) is 0 Å². The van der Waals surface area contributed by atoms with Crippen LogP contribution in [0, 0.1) is 3.57 Å². The second kappa shape index (κ2) is 5.24. The van der Waals surface area contributed by atoms with Crippen molar-refractivity contribution in [2.75, 3.05) is 19.4 Å². The second-order valence-electron chi connectivity index (χ2n) is 3.32. The topological polar surface area (TPSA) is 58.1 Å². The number of rotatable bonds is 3. The van der Waals surface area contributed by atoms with Crippen molar-refractivity contribution in [1.29, 1.82) is 0 Å². The monoisotopic (exact) mass is 320 g/mol. The number of nitrogens with zero attached hydrogens (tertiary/aromatic N) is 3. The molecule has 1 heterocycles. The third kappa shape index (κ3) is 3.61. The molecule has 1 atom stereocenters.